The molecule has 2 unspecified atom stereocenters. The summed E-state index contributed by atoms with van der Waals surface area (Å²) in [5.74, 6) is 3.84. The molecule has 0 aromatic rings. The van der Waals surface area contributed by atoms with E-state index in [4.69, 9.17) is 0 Å². The molecule has 4 aliphatic rings. The zero-order valence-corrected chi connectivity index (χ0v) is 13.4. The second-order valence-corrected chi connectivity index (χ2v) is 9.18. The Morgan fingerprint density at radius 2 is 1.65 bits per heavy atom. The number of fused-ring (bicyclic) bond motifs is 5. The Morgan fingerprint density at radius 1 is 0.850 bits per heavy atom. The molecule has 0 aromatic heterocycles. The maximum absolute atomic E-state index is 10.2. The summed E-state index contributed by atoms with van der Waals surface area (Å²) >= 11 is 0. The van der Waals surface area contributed by atoms with Crippen LogP contribution in [0.5, 0.6) is 0 Å². The zero-order valence-electron chi connectivity index (χ0n) is 13.4. The van der Waals surface area contributed by atoms with Crippen molar-refractivity contribution in [3.8, 4) is 0 Å². The minimum Gasteiger partial charge on any atom is -0.393 e. The predicted octanol–water partition coefficient (Wildman–Crippen LogP) is 4.78. The lowest BCUT2D eigenvalue weighted by Crippen LogP contribution is -2.53. The van der Waals surface area contributed by atoms with Gasteiger partial charge in [0, 0.05) is 0 Å². The van der Waals surface area contributed by atoms with Gasteiger partial charge >= 0.3 is 0 Å². The van der Waals surface area contributed by atoms with E-state index in [1.54, 1.807) is 0 Å². The lowest BCUT2D eigenvalue weighted by molar-refractivity contribution is -0.124. The van der Waals surface area contributed by atoms with Crippen LogP contribution >= 0.6 is 0 Å². The van der Waals surface area contributed by atoms with E-state index in [0.29, 0.717) is 10.8 Å². The molecular weight excluding hydrogens is 244 g/mol. The van der Waals surface area contributed by atoms with Crippen LogP contribution < -0.4 is 0 Å². The molecule has 0 aromatic carbocycles. The molecule has 20 heavy (non-hydrogen) atoms. The van der Waals surface area contributed by atoms with Crippen molar-refractivity contribution in [1.82, 2.24) is 0 Å². The van der Waals surface area contributed by atoms with E-state index < -0.39 is 0 Å². The van der Waals surface area contributed by atoms with Crippen LogP contribution in [0.2, 0.25) is 0 Å². The Labute approximate surface area is 124 Å². The van der Waals surface area contributed by atoms with Gasteiger partial charge in [0.15, 0.2) is 0 Å². The minimum absolute atomic E-state index is 0.00751. The molecule has 4 fully saturated rings. The molecule has 1 N–H and O–H groups in total. The molecule has 4 rings (SSSR count). The summed E-state index contributed by atoms with van der Waals surface area (Å²) < 4.78 is 0. The van der Waals surface area contributed by atoms with Gasteiger partial charge in [0.05, 0.1) is 6.10 Å². The lowest BCUT2D eigenvalue weighted by atomic mass is 9.45. The average molecular weight is 276 g/mol. The van der Waals surface area contributed by atoms with Gasteiger partial charge in [-0.15, -0.1) is 0 Å². The summed E-state index contributed by atoms with van der Waals surface area (Å²) in [5.41, 5.74) is 1.14. The number of hydrogen-bond donors (Lipinski definition) is 1. The fourth-order valence-electron chi connectivity index (χ4n) is 7.32. The summed E-state index contributed by atoms with van der Waals surface area (Å²) in [6.07, 6.45) is 13.8. The maximum Gasteiger partial charge on any atom is 0.0545 e. The second-order valence-electron chi connectivity index (χ2n) is 9.18. The standard InChI is InChI=1S/C19H32O/c1-18-10-3-4-16(18)15-8-6-13-5-7-14(20)12-19(13,2)17(15)9-11-18/h13-17,20H,3-12H2,1-2H3/t13?,14?,15-,16-,17-,18-,19-/m0/s1. The molecule has 1 nitrogen and oxygen atoms in total. The minimum atomic E-state index is -0.00751. The van der Waals surface area contributed by atoms with E-state index in [-0.39, 0.29) is 6.10 Å². The largest absolute Gasteiger partial charge is 0.393 e. The highest BCUT2D eigenvalue weighted by atomic mass is 16.3. The fourth-order valence-corrected chi connectivity index (χ4v) is 7.32. The van der Waals surface area contributed by atoms with Crippen LogP contribution in [0.15, 0.2) is 0 Å². The van der Waals surface area contributed by atoms with Crippen molar-refractivity contribution in [3.63, 3.8) is 0 Å². The summed E-state index contributed by atoms with van der Waals surface area (Å²) in [4.78, 5) is 0. The summed E-state index contributed by atoms with van der Waals surface area (Å²) in [6.45, 7) is 5.14. The van der Waals surface area contributed by atoms with Gasteiger partial charge in [-0.25, -0.2) is 0 Å². The van der Waals surface area contributed by atoms with E-state index in [9.17, 15) is 5.11 Å². The monoisotopic (exact) mass is 276 g/mol. The third kappa shape index (κ3) is 1.77. The van der Waals surface area contributed by atoms with E-state index in [1.807, 2.05) is 0 Å². The van der Waals surface area contributed by atoms with Gasteiger partial charge in [-0.1, -0.05) is 20.3 Å². The first-order valence-corrected chi connectivity index (χ1v) is 9.21. The van der Waals surface area contributed by atoms with Gasteiger partial charge in [-0.3, -0.25) is 0 Å². The quantitative estimate of drug-likeness (QED) is 0.675. The van der Waals surface area contributed by atoms with Crippen LogP contribution in [0, 0.1) is 34.5 Å². The Bertz CT molecular complexity index is 391. The highest BCUT2D eigenvalue weighted by Crippen LogP contribution is 2.66. The summed E-state index contributed by atoms with van der Waals surface area (Å²) in [5, 5.41) is 10.2. The smallest absolute Gasteiger partial charge is 0.0545 e. The van der Waals surface area contributed by atoms with Crippen LogP contribution in [0.1, 0.15) is 78.1 Å². The van der Waals surface area contributed by atoms with E-state index in [0.717, 1.165) is 36.5 Å². The number of hydrogen-bond acceptors (Lipinski definition) is 1. The molecule has 4 aliphatic carbocycles. The number of aliphatic hydroxyl groups excluding tert-OH is 1. The van der Waals surface area contributed by atoms with Crippen molar-refractivity contribution in [2.24, 2.45) is 34.5 Å². The van der Waals surface area contributed by atoms with Gasteiger partial charge in [0.2, 0.25) is 0 Å². The second kappa shape index (κ2) is 4.48. The van der Waals surface area contributed by atoms with E-state index in [2.05, 4.69) is 13.8 Å². The van der Waals surface area contributed by atoms with Gasteiger partial charge in [0.1, 0.15) is 0 Å². The highest BCUT2D eigenvalue weighted by molar-refractivity contribution is 5.07. The van der Waals surface area contributed by atoms with Gasteiger partial charge in [-0.05, 0) is 92.3 Å². The first-order chi connectivity index (χ1) is 9.53. The highest BCUT2D eigenvalue weighted by Gasteiger charge is 2.57. The van der Waals surface area contributed by atoms with Crippen molar-refractivity contribution in [3.05, 3.63) is 0 Å². The molecule has 1 heteroatoms. The van der Waals surface area contributed by atoms with E-state index in [1.165, 1.54) is 51.4 Å². The molecule has 114 valence electrons. The molecule has 0 amide bonds. The number of rotatable bonds is 0. The third-order valence-corrected chi connectivity index (χ3v) is 8.37. The van der Waals surface area contributed by atoms with Gasteiger partial charge < -0.3 is 5.11 Å². The van der Waals surface area contributed by atoms with Crippen LogP contribution in [0.3, 0.4) is 0 Å². The fraction of sp³-hybridized carbons (Fsp3) is 1.00. The Kier molecular flexibility index (Phi) is 3.05. The van der Waals surface area contributed by atoms with Gasteiger partial charge in [-0.2, -0.15) is 0 Å². The summed E-state index contributed by atoms with van der Waals surface area (Å²) in [7, 11) is 0. The predicted molar refractivity (Wildman–Crippen MR) is 82.4 cm³/mol. The average Bonchev–Trinajstić information content (AvgIpc) is 2.79. The van der Waals surface area contributed by atoms with Crippen molar-refractivity contribution >= 4 is 0 Å². The van der Waals surface area contributed by atoms with Crippen LogP contribution in [0.4, 0.5) is 0 Å². The summed E-state index contributed by atoms with van der Waals surface area (Å²) in [6, 6.07) is 0. The molecule has 0 aliphatic heterocycles. The normalized spacial score (nSPS) is 58.6. The van der Waals surface area contributed by atoms with Gasteiger partial charge in [0.25, 0.3) is 0 Å². The van der Waals surface area contributed by atoms with E-state index >= 15 is 0 Å². The Morgan fingerprint density at radius 3 is 2.50 bits per heavy atom. The molecule has 0 spiro atoms. The third-order valence-electron chi connectivity index (χ3n) is 8.37. The molecule has 0 bridgehead atoms. The zero-order chi connectivity index (χ0) is 14.0. The van der Waals surface area contributed by atoms with Crippen LogP contribution in [0.25, 0.3) is 0 Å². The van der Waals surface area contributed by atoms with Crippen molar-refractivity contribution in [2.45, 2.75) is 84.2 Å². The SMILES string of the molecule is C[C@@]12CCC[C@H]1[C@@H]1CCC3CCC(O)C[C@]3(C)[C@H]1CC2. The van der Waals surface area contributed by atoms with Crippen LogP contribution in [-0.4, -0.2) is 11.2 Å². The van der Waals surface area contributed by atoms with Crippen molar-refractivity contribution in [1.29, 1.82) is 0 Å². The Hall–Kier alpha value is -0.0400. The Balaban J connectivity index is 1.64. The molecule has 0 radical (unpaired) electrons. The molecule has 7 atom stereocenters. The van der Waals surface area contributed by atoms with Crippen molar-refractivity contribution in [2.75, 3.05) is 0 Å². The molecular formula is C19H32O. The maximum atomic E-state index is 10.2. The molecule has 0 saturated heterocycles. The molecule has 0 heterocycles. The van der Waals surface area contributed by atoms with Crippen LogP contribution in [-0.2, 0) is 0 Å². The van der Waals surface area contributed by atoms with Crippen molar-refractivity contribution < 1.29 is 5.11 Å². The first kappa shape index (κ1) is 13.6. The lowest BCUT2D eigenvalue weighted by Gasteiger charge is -2.60. The topological polar surface area (TPSA) is 20.2 Å². The molecule has 4 saturated carbocycles. The number of aliphatic hydroxyl groups is 1. The first-order valence-electron chi connectivity index (χ1n) is 9.21.